The average molecular weight is 603 g/mol. The summed E-state index contributed by atoms with van der Waals surface area (Å²) in [5.41, 5.74) is 9.33. The number of aliphatic carboxylic acids is 1. The van der Waals surface area contributed by atoms with Crippen molar-refractivity contribution in [2.45, 2.75) is 85.2 Å². The molecule has 10 heteroatoms. The number of aromatic amines is 1. The number of hydrogen-bond acceptors (Lipinski definition) is 6. The van der Waals surface area contributed by atoms with Gasteiger partial charge in [0.05, 0.1) is 30.8 Å². The van der Waals surface area contributed by atoms with Gasteiger partial charge in [0, 0.05) is 48.4 Å². The second-order valence-corrected chi connectivity index (χ2v) is 11.6. The molecule has 4 N–H and O–H groups in total. The molecule has 1 unspecified atom stereocenters. The summed E-state index contributed by atoms with van der Waals surface area (Å²) in [6.45, 7) is 13.4. The van der Waals surface area contributed by atoms with Gasteiger partial charge in [-0.25, -0.2) is 0 Å². The monoisotopic (exact) mass is 602 g/mol. The Hall–Kier alpha value is -4.47. The van der Waals surface area contributed by atoms with E-state index in [2.05, 4.69) is 22.2 Å². The van der Waals surface area contributed by atoms with Gasteiger partial charge < -0.3 is 25.5 Å². The fourth-order valence-corrected chi connectivity index (χ4v) is 6.38. The van der Waals surface area contributed by atoms with E-state index in [4.69, 9.17) is 9.73 Å². The van der Waals surface area contributed by atoms with Crippen LogP contribution in [0.3, 0.4) is 0 Å². The predicted octanol–water partition coefficient (Wildman–Crippen LogP) is 4.42. The second kappa shape index (κ2) is 13.4. The molecular weight excluding hydrogens is 560 g/mol. The number of nitrogens with zero attached hydrogens (tertiary/aromatic N) is 1. The number of allylic oxidation sites excluding steroid dienone is 3. The van der Waals surface area contributed by atoms with Gasteiger partial charge in [0.1, 0.15) is 0 Å². The van der Waals surface area contributed by atoms with Crippen LogP contribution in [0.25, 0.3) is 6.08 Å². The van der Waals surface area contributed by atoms with Gasteiger partial charge in [0.25, 0.3) is 5.91 Å². The summed E-state index contributed by atoms with van der Waals surface area (Å²) in [7, 11) is 1.36. The Morgan fingerprint density at radius 3 is 2.41 bits per heavy atom. The maximum Gasteiger partial charge on any atom is 0.305 e. The van der Waals surface area contributed by atoms with Gasteiger partial charge in [0.2, 0.25) is 5.91 Å². The quantitative estimate of drug-likeness (QED) is 0.206. The van der Waals surface area contributed by atoms with Crippen LogP contribution in [0.2, 0.25) is 0 Å². The molecule has 0 saturated carbocycles. The van der Waals surface area contributed by atoms with Crippen LogP contribution in [0.4, 0.5) is 0 Å². The SMILES string of the molecule is C=CC1=C(C)[C@@H](Cc2[nH]c(/C=C3\N=C(CC4NC(=O)[C@H](C)/C4=C\C)C(C)=C3CCC(=O)O)c(CCC(=O)OC)c2C)NC1=O. The summed E-state index contributed by atoms with van der Waals surface area (Å²) in [6.07, 6.45) is 7.36. The van der Waals surface area contributed by atoms with Crippen molar-refractivity contribution < 1.29 is 29.0 Å². The van der Waals surface area contributed by atoms with Crippen LogP contribution < -0.4 is 10.6 Å². The minimum Gasteiger partial charge on any atom is -0.481 e. The number of carbonyl (C=O) groups excluding carboxylic acids is 3. The molecule has 0 aliphatic carbocycles. The topological polar surface area (TPSA) is 150 Å². The van der Waals surface area contributed by atoms with E-state index in [0.29, 0.717) is 37.0 Å². The van der Waals surface area contributed by atoms with Gasteiger partial charge >= 0.3 is 11.9 Å². The smallest absolute Gasteiger partial charge is 0.305 e. The highest BCUT2D eigenvalue weighted by atomic mass is 16.5. The standard InChI is InChI=1S/C34H42N4O6/c1-8-21-20(6)33(42)38-28(21)15-26-18(4)23(10-12-31(39)40)29(36-26)16-30-24(11-13-32(41)44-7)19(5)25(35-30)14-27-17(3)22(9-2)34(43)37-27/h8-9,16,20,27-28,35H,2,10-15H2,1,3-7H3,(H,37,43)(H,38,42)(H,39,40)/b21-8+,29-16-/t20-,27-,28?/m1/s1. The number of hydrogen-bond donors (Lipinski definition) is 4. The molecule has 1 aromatic heterocycles. The molecule has 1 fully saturated rings. The number of carboxylic acid groups (broad SMARTS) is 1. The highest BCUT2D eigenvalue weighted by Gasteiger charge is 2.35. The van der Waals surface area contributed by atoms with Crippen LogP contribution in [0.5, 0.6) is 0 Å². The van der Waals surface area contributed by atoms with E-state index < -0.39 is 5.97 Å². The number of amides is 2. The first-order chi connectivity index (χ1) is 20.9. The lowest BCUT2D eigenvalue weighted by Gasteiger charge is -2.13. The van der Waals surface area contributed by atoms with E-state index in [9.17, 15) is 24.3 Å². The Balaban J connectivity index is 1.75. The fraction of sp³-hybridized carbons (Fsp3) is 0.441. The number of aromatic nitrogens is 1. The van der Waals surface area contributed by atoms with E-state index in [1.807, 2.05) is 46.8 Å². The third-order valence-electron chi connectivity index (χ3n) is 9.10. The van der Waals surface area contributed by atoms with Crippen molar-refractivity contribution in [3.63, 3.8) is 0 Å². The van der Waals surface area contributed by atoms with Crippen LogP contribution in [-0.2, 0) is 36.8 Å². The minimum absolute atomic E-state index is 0.0152. The lowest BCUT2D eigenvalue weighted by molar-refractivity contribution is -0.140. The van der Waals surface area contributed by atoms with Gasteiger partial charge in [-0.05, 0) is 87.0 Å². The van der Waals surface area contributed by atoms with Crippen molar-refractivity contribution in [3.8, 4) is 0 Å². The molecule has 1 aromatic rings. The van der Waals surface area contributed by atoms with Crippen molar-refractivity contribution in [2.24, 2.45) is 10.9 Å². The summed E-state index contributed by atoms with van der Waals surface area (Å²) in [6, 6.07) is -0.374. The highest BCUT2D eigenvalue weighted by Crippen LogP contribution is 2.36. The maximum atomic E-state index is 12.4. The Kier molecular flexibility index (Phi) is 9.91. The summed E-state index contributed by atoms with van der Waals surface area (Å²) in [5, 5.41) is 15.6. The zero-order valence-corrected chi connectivity index (χ0v) is 26.3. The molecule has 0 radical (unpaired) electrons. The number of ether oxygens (including phenoxy) is 1. The predicted molar refractivity (Wildman–Crippen MR) is 169 cm³/mol. The van der Waals surface area contributed by atoms with Crippen molar-refractivity contribution in [1.82, 2.24) is 15.6 Å². The summed E-state index contributed by atoms with van der Waals surface area (Å²) in [4.78, 5) is 57.0. The molecule has 3 aliphatic heterocycles. The molecule has 2 amide bonds. The van der Waals surface area contributed by atoms with E-state index in [0.717, 1.165) is 50.5 Å². The van der Waals surface area contributed by atoms with Crippen molar-refractivity contribution >= 4 is 35.5 Å². The van der Waals surface area contributed by atoms with Gasteiger partial charge in [-0.2, -0.15) is 0 Å². The van der Waals surface area contributed by atoms with Gasteiger partial charge in [-0.15, -0.1) is 0 Å². The molecule has 3 atom stereocenters. The van der Waals surface area contributed by atoms with Gasteiger partial charge in [-0.3, -0.25) is 24.2 Å². The first-order valence-electron chi connectivity index (χ1n) is 15.0. The number of nitrogens with one attached hydrogen (secondary N) is 3. The minimum atomic E-state index is -0.899. The number of methoxy groups -OCH3 is 1. The molecule has 4 heterocycles. The third-order valence-corrected chi connectivity index (χ3v) is 9.10. The van der Waals surface area contributed by atoms with Gasteiger partial charge in [0.15, 0.2) is 0 Å². The summed E-state index contributed by atoms with van der Waals surface area (Å²) in [5.74, 6) is -1.59. The van der Waals surface area contributed by atoms with Crippen LogP contribution in [0, 0.1) is 12.8 Å². The first-order valence-corrected chi connectivity index (χ1v) is 15.0. The molecule has 0 bridgehead atoms. The average Bonchev–Trinajstić information content (AvgIpc) is 3.63. The lowest BCUT2D eigenvalue weighted by atomic mass is 9.92. The number of rotatable bonds is 12. The van der Waals surface area contributed by atoms with Crippen LogP contribution in [0.15, 0.2) is 57.3 Å². The van der Waals surface area contributed by atoms with Crippen molar-refractivity contribution in [3.05, 3.63) is 74.8 Å². The number of carbonyl (C=O) groups is 4. The second-order valence-electron chi connectivity index (χ2n) is 11.6. The van der Waals surface area contributed by atoms with E-state index in [1.165, 1.54) is 7.11 Å². The van der Waals surface area contributed by atoms with Crippen molar-refractivity contribution in [1.29, 1.82) is 0 Å². The molecule has 234 valence electrons. The Morgan fingerprint density at radius 1 is 1.07 bits per heavy atom. The molecule has 4 rings (SSSR count). The molecule has 44 heavy (non-hydrogen) atoms. The number of carboxylic acids is 1. The molecule has 10 nitrogen and oxygen atoms in total. The van der Waals surface area contributed by atoms with Crippen LogP contribution in [0.1, 0.15) is 75.9 Å². The summed E-state index contributed by atoms with van der Waals surface area (Å²) >= 11 is 0. The molecule has 1 saturated heterocycles. The Labute approximate surface area is 258 Å². The largest absolute Gasteiger partial charge is 0.481 e. The Morgan fingerprint density at radius 2 is 1.80 bits per heavy atom. The number of aliphatic imine (C=N–C) groups is 1. The molecule has 3 aliphatic rings. The highest BCUT2D eigenvalue weighted by molar-refractivity contribution is 6.06. The molecule has 0 aromatic carbocycles. The Bertz CT molecular complexity index is 1570. The van der Waals surface area contributed by atoms with E-state index in [1.54, 1.807) is 6.08 Å². The first kappa shape index (κ1) is 32.4. The normalized spacial score (nSPS) is 23.5. The number of esters is 1. The fourth-order valence-electron chi connectivity index (χ4n) is 6.38. The summed E-state index contributed by atoms with van der Waals surface area (Å²) < 4.78 is 4.90. The molecular formula is C34H42N4O6. The van der Waals surface area contributed by atoms with Gasteiger partial charge in [-0.1, -0.05) is 18.7 Å². The van der Waals surface area contributed by atoms with Crippen LogP contribution >= 0.6 is 0 Å². The lowest BCUT2D eigenvalue weighted by Crippen LogP contribution is -2.30. The number of H-pyrrole nitrogens is 1. The molecule has 0 spiro atoms. The van der Waals surface area contributed by atoms with E-state index in [-0.39, 0.29) is 48.6 Å². The van der Waals surface area contributed by atoms with Crippen molar-refractivity contribution in [2.75, 3.05) is 7.11 Å². The third kappa shape index (κ3) is 6.54. The zero-order chi connectivity index (χ0) is 32.3. The maximum absolute atomic E-state index is 12.4. The van der Waals surface area contributed by atoms with E-state index >= 15 is 0 Å². The van der Waals surface area contributed by atoms with Crippen LogP contribution in [-0.4, -0.2) is 58.7 Å². The zero-order valence-electron chi connectivity index (χ0n) is 26.3.